The number of amides is 2. The summed E-state index contributed by atoms with van der Waals surface area (Å²) >= 11 is 10.1. The highest BCUT2D eigenvalue weighted by Crippen LogP contribution is 2.41. The number of carboxylic acid groups (broad SMARTS) is 1. The Morgan fingerprint density at radius 2 is 2.22 bits per heavy atom. The molecular weight excluding hydrogens is 496 g/mol. The number of aromatic nitrogens is 4. The van der Waals surface area contributed by atoms with Gasteiger partial charge in [0, 0.05) is 17.7 Å². The molecule has 170 valence electrons. The van der Waals surface area contributed by atoms with Crippen molar-refractivity contribution in [3.8, 4) is 0 Å². The van der Waals surface area contributed by atoms with Gasteiger partial charge in [0.25, 0.3) is 5.91 Å². The van der Waals surface area contributed by atoms with E-state index in [0.717, 1.165) is 9.35 Å². The number of aryl methyl sites for hydroxylation is 1. The number of β-lactam (4-membered cyclic amide) rings is 1. The molecule has 10 nitrogen and oxygen atoms in total. The summed E-state index contributed by atoms with van der Waals surface area (Å²) in [5.41, 5.74) is 0.649. The van der Waals surface area contributed by atoms with Gasteiger partial charge in [-0.1, -0.05) is 41.6 Å². The minimum absolute atomic E-state index is 0.00258. The first kappa shape index (κ1) is 23.1. The molecule has 0 aromatic carbocycles. The topological polar surface area (TPSA) is 130 Å². The number of nitrogens with zero attached hydrogens (tertiary/aromatic N) is 5. The molecule has 14 heteroatoms. The highest BCUT2D eigenvalue weighted by atomic mass is 35.5. The lowest BCUT2D eigenvalue weighted by atomic mass is 10.0. The summed E-state index contributed by atoms with van der Waals surface area (Å²) in [6.45, 7) is 3.89. The van der Waals surface area contributed by atoms with E-state index < -0.39 is 29.2 Å². The first-order valence-electron chi connectivity index (χ1n) is 9.56. The quantitative estimate of drug-likeness (QED) is 0.400. The van der Waals surface area contributed by atoms with Gasteiger partial charge in [-0.15, -0.1) is 22.0 Å². The fourth-order valence-electron chi connectivity index (χ4n) is 3.38. The van der Waals surface area contributed by atoms with E-state index in [1.54, 1.807) is 17.8 Å². The third kappa shape index (κ3) is 4.65. The summed E-state index contributed by atoms with van der Waals surface area (Å²) < 4.78 is 2.31. The molecule has 0 spiro atoms. The predicted octanol–water partition coefficient (Wildman–Crippen LogP) is 1.86. The third-order valence-electron chi connectivity index (χ3n) is 4.94. The van der Waals surface area contributed by atoms with Crippen LogP contribution in [0, 0.1) is 12.8 Å². The maximum atomic E-state index is 12.8. The van der Waals surface area contributed by atoms with Gasteiger partial charge in [0.15, 0.2) is 4.34 Å². The van der Waals surface area contributed by atoms with Crippen LogP contribution in [0.1, 0.15) is 11.9 Å². The third-order valence-corrected chi connectivity index (χ3v) is 8.53. The maximum absolute atomic E-state index is 12.8. The number of nitrogens with one attached hydrogen (secondary N) is 1. The van der Waals surface area contributed by atoms with Gasteiger partial charge in [0.05, 0.1) is 23.7 Å². The zero-order valence-corrected chi connectivity index (χ0v) is 20.2. The molecule has 0 saturated carbocycles. The van der Waals surface area contributed by atoms with E-state index in [1.165, 1.54) is 46.0 Å². The van der Waals surface area contributed by atoms with Gasteiger partial charge in [0.2, 0.25) is 5.91 Å². The molecular formula is C18H19ClN6O4S3. The fraction of sp³-hybridized carbons (Fsp3) is 0.444. The van der Waals surface area contributed by atoms with Gasteiger partial charge in [-0.2, -0.15) is 5.10 Å². The van der Waals surface area contributed by atoms with Crippen molar-refractivity contribution in [2.75, 3.05) is 11.5 Å². The standard InChI is InChI=1S/C18H19ClN6O4S3/c1-8(4-24-5-11(19)3-20-24)14(26)21-12-15(27)25-13(17(28)29)10(6-30-16(12)25)7-31-18-23-22-9(2)32-18/h3,5,8,12,16H,4,6-7H2,1-2H3,(H,21,26)(H,28,29)/t8-,12-,16+/m0/s1. The van der Waals surface area contributed by atoms with Crippen LogP contribution in [0.15, 0.2) is 28.0 Å². The van der Waals surface area contributed by atoms with Crippen LogP contribution < -0.4 is 5.32 Å². The Morgan fingerprint density at radius 1 is 1.44 bits per heavy atom. The van der Waals surface area contributed by atoms with Crippen LogP contribution in [0.4, 0.5) is 0 Å². The van der Waals surface area contributed by atoms with Crippen LogP contribution >= 0.6 is 46.5 Å². The summed E-state index contributed by atoms with van der Waals surface area (Å²) in [6, 6.07) is -0.759. The molecule has 2 aliphatic rings. The molecule has 2 aromatic rings. The monoisotopic (exact) mass is 514 g/mol. The van der Waals surface area contributed by atoms with Crippen LogP contribution in [-0.2, 0) is 20.9 Å². The van der Waals surface area contributed by atoms with Crippen molar-refractivity contribution < 1.29 is 19.5 Å². The van der Waals surface area contributed by atoms with Gasteiger partial charge < -0.3 is 10.4 Å². The number of halogens is 1. The smallest absolute Gasteiger partial charge is 0.352 e. The zero-order valence-electron chi connectivity index (χ0n) is 17.0. The van der Waals surface area contributed by atoms with Crippen LogP contribution in [0.2, 0.25) is 5.02 Å². The van der Waals surface area contributed by atoms with Crippen LogP contribution in [-0.4, -0.2) is 70.7 Å². The number of aliphatic carboxylic acids is 1. The molecule has 2 aromatic heterocycles. The first-order chi connectivity index (χ1) is 15.2. The number of hydrogen-bond donors (Lipinski definition) is 2. The second-order valence-corrected chi connectivity index (χ2v) is 11.3. The second kappa shape index (κ2) is 9.41. The summed E-state index contributed by atoms with van der Waals surface area (Å²) in [4.78, 5) is 38.6. The second-order valence-electron chi connectivity index (χ2n) is 7.31. The summed E-state index contributed by atoms with van der Waals surface area (Å²) in [7, 11) is 0. The molecule has 1 saturated heterocycles. The molecule has 1 fully saturated rings. The lowest BCUT2D eigenvalue weighted by Gasteiger charge is -2.49. The average Bonchev–Trinajstić information content (AvgIpc) is 3.36. The highest BCUT2D eigenvalue weighted by molar-refractivity contribution is 8.01. The fourth-order valence-corrected chi connectivity index (χ4v) is 6.83. The maximum Gasteiger partial charge on any atom is 0.352 e. The number of rotatable bonds is 8. The number of fused-ring (bicyclic) bond motifs is 1. The molecule has 0 bridgehead atoms. The van der Waals surface area contributed by atoms with Gasteiger partial charge in [0.1, 0.15) is 22.1 Å². The molecule has 2 aliphatic heterocycles. The van der Waals surface area contributed by atoms with Crippen molar-refractivity contribution >= 4 is 64.2 Å². The number of carboxylic acids is 1. The first-order valence-corrected chi connectivity index (χ1v) is 12.8. The number of carbonyl (C=O) groups excluding carboxylic acids is 2. The molecule has 3 atom stereocenters. The average molecular weight is 515 g/mol. The van der Waals surface area contributed by atoms with E-state index in [-0.39, 0.29) is 11.6 Å². The molecule has 0 radical (unpaired) electrons. The van der Waals surface area contributed by atoms with E-state index in [2.05, 4.69) is 20.6 Å². The van der Waals surface area contributed by atoms with Crippen molar-refractivity contribution in [3.63, 3.8) is 0 Å². The molecule has 0 unspecified atom stereocenters. The van der Waals surface area contributed by atoms with Crippen molar-refractivity contribution in [3.05, 3.63) is 33.7 Å². The molecule has 2 N–H and O–H groups in total. The predicted molar refractivity (Wildman–Crippen MR) is 121 cm³/mol. The Bertz CT molecular complexity index is 1100. The molecule has 2 amide bonds. The minimum atomic E-state index is -1.15. The lowest BCUT2D eigenvalue weighted by Crippen LogP contribution is -2.71. The van der Waals surface area contributed by atoms with E-state index >= 15 is 0 Å². The van der Waals surface area contributed by atoms with E-state index in [0.29, 0.717) is 28.6 Å². The summed E-state index contributed by atoms with van der Waals surface area (Å²) in [6.07, 6.45) is 3.10. The normalized spacial score (nSPS) is 21.2. The van der Waals surface area contributed by atoms with E-state index in [1.807, 2.05) is 6.92 Å². The molecule has 4 rings (SSSR count). The molecule has 32 heavy (non-hydrogen) atoms. The lowest BCUT2D eigenvalue weighted by molar-refractivity contribution is -0.151. The Morgan fingerprint density at radius 3 is 2.84 bits per heavy atom. The highest BCUT2D eigenvalue weighted by Gasteiger charge is 2.54. The minimum Gasteiger partial charge on any atom is -0.477 e. The van der Waals surface area contributed by atoms with Crippen molar-refractivity contribution in [1.82, 2.24) is 30.2 Å². The summed E-state index contributed by atoms with van der Waals surface area (Å²) in [5.74, 6) is -1.46. The Kier molecular flexibility index (Phi) is 6.79. The van der Waals surface area contributed by atoms with Gasteiger partial charge in [-0.3, -0.25) is 19.2 Å². The van der Waals surface area contributed by atoms with Gasteiger partial charge >= 0.3 is 5.97 Å². The SMILES string of the molecule is Cc1nnc(SCC2=C(C(=O)O)N3C(=O)[C@H](NC(=O)[C@@H](C)Cn4cc(Cl)cn4)[C@H]3SC2)s1. The van der Waals surface area contributed by atoms with E-state index in [9.17, 15) is 19.5 Å². The summed E-state index contributed by atoms with van der Waals surface area (Å²) in [5, 5.41) is 25.4. The Labute approximate surface area is 200 Å². The van der Waals surface area contributed by atoms with E-state index in [4.69, 9.17) is 11.6 Å². The van der Waals surface area contributed by atoms with Crippen molar-refractivity contribution in [2.45, 2.75) is 36.1 Å². The Hall–Kier alpha value is -2.09. The van der Waals surface area contributed by atoms with Crippen LogP contribution in [0.25, 0.3) is 0 Å². The van der Waals surface area contributed by atoms with Gasteiger partial charge in [-0.25, -0.2) is 4.79 Å². The van der Waals surface area contributed by atoms with Crippen molar-refractivity contribution in [2.24, 2.45) is 5.92 Å². The van der Waals surface area contributed by atoms with Crippen LogP contribution in [0.5, 0.6) is 0 Å². The molecule has 0 aliphatic carbocycles. The Balaban J connectivity index is 1.41. The molecule has 4 heterocycles. The largest absolute Gasteiger partial charge is 0.477 e. The number of thioether (sulfide) groups is 2. The van der Waals surface area contributed by atoms with Crippen LogP contribution in [0.3, 0.4) is 0 Å². The zero-order chi connectivity index (χ0) is 23.0. The number of carbonyl (C=O) groups is 3. The van der Waals surface area contributed by atoms with Gasteiger partial charge in [-0.05, 0) is 12.5 Å². The van der Waals surface area contributed by atoms with Crippen molar-refractivity contribution in [1.29, 1.82) is 0 Å². The number of hydrogen-bond acceptors (Lipinski definition) is 9.